The van der Waals surface area contributed by atoms with E-state index in [1.807, 2.05) is 38.1 Å². The van der Waals surface area contributed by atoms with E-state index < -0.39 is 0 Å². The maximum Gasteiger partial charge on any atom is 0.195 e. The number of ketones is 1. The number of aromatic hydroxyl groups is 1. The number of phenolic OH excluding ortho intramolecular Hbond substituents is 1. The average Bonchev–Trinajstić information content (AvgIpc) is 2.82. The monoisotopic (exact) mass is 328 g/mol. The van der Waals surface area contributed by atoms with Gasteiger partial charge in [-0.05, 0) is 79.6 Å². The highest BCUT2D eigenvalue weighted by molar-refractivity contribution is 7.14. The zero-order valence-electron chi connectivity index (χ0n) is 14.4. The minimum absolute atomic E-state index is 0.0384. The van der Waals surface area contributed by atoms with Crippen molar-refractivity contribution >= 4 is 23.2 Å². The first-order valence-electron chi connectivity index (χ1n) is 7.90. The van der Waals surface area contributed by atoms with Gasteiger partial charge in [-0.3, -0.25) is 4.79 Å². The van der Waals surface area contributed by atoms with Crippen LogP contribution in [0.1, 0.15) is 50.7 Å². The van der Waals surface area contributed by atoms with Gasteiger partial charge < -0.3 is 5.11 Å². The van der Waals surface area contributed by atoms with Crippen molar-refractivity contribution in [1.29, 1.82) is 0 Å². The van der Waals surface area contributed by atoms with E-state index in [0.29, 0.717) is 11.7 Å². The highest BCUT2D eigenvalue weighted by Crippen LogP contribution is 2.26. The van der Waals surface area contributed by atoms with Gasteiger partial charge in [0.1, 0.15) is 5.75 Å². The van der Waals surface area contributed by atoms with Crippen molar-refractivity contribution in [2.24, 2.45) is 5.92 Å². The standard InChI is InChI=1S/C20H24O2S/c1-12(2)8-17-11-19(23-15(17)5)18(21)7-6-16-9-13(3)20(22)14(4)10-16/h6-7,9-12,22H,8H2,1-5H3. The highest BCUT2D eigenvalue weighted by atomic mass is 32.1. The van der Waals surface area contributed by atoms with Gasteiger partial charge in [0.2, 0.25) is 0 Å². The third-order valence-electron chi connectivity index (χ3n) is 3.83. The maximum atomic E-state index is 12.4. The number of aryl methyl sites for hydroxylation is 3. The molecule has 0 aliphatic heterocycles. The van der Waals surface area contributed by atoms with Crippen molar-refractivity contribution in [3.05, 3.63) is 56.3 Å². The van der Waals surface area contributed by atoms with E-state index in [9.17, 15) is 9.90 Å². The summed E-state index contributed by atoms with van der Waals surface area (Å²) in [6.07, 6.45) is 4.45. The van der Waals surface area contributed by atoms with Crippen molar-refractivity contribution in [1.82, 2.24) is 0 Å². The molecule has 23 heavy (non-hydrogen) atoms. The Hall–Kier alpha value is -1.87. The van der Waals surface area contributed by atoms with Crippen LogP contribution in [0.3, 0.4) is 0 Å². The lowest BCUT2D eigenvalue weighted by molar-refractivity contribution is 0.105. The molecule has 0 unspecified atom stereocenters. The summed E-state index contributed by atoms with van der Waals surface area (Å²) < 4.78 is 0. The zero-order chi connectivity index (χ0) is 17.1. The Morgan fingerprint density at radius 1 is 1.17 bits per heavy atom. The van der Waals surface area contributed by atoms with Crippen LogP contribution in [0.15, 0.2) is 24.3 Å². The smallest absolute Gasteiger partial charge is 0.195 e. The van der Waals surface area contributed by atoms with E-state index in [1.54, 1.807) is 17.4 Å². The largest absolute Gasteiger partial charge is 0.507 e. The predicted molar refractivity (Wildman–Crippen MR) is 98.5 cm³/mol. The lowest BCUT2D eigenvalue weighted by Gasteiger charge is -2.04. The summed E-state index contributed by atoms with van der Waals surface area (Å²) in [5.41, 5.74) is 3.85. The molecule has 0 aliphatic carbocycles. The number of allylic oxidation sites excluding steroid dienone is 1. The Kier molecular flexibility index (Phi) is 5.42. The molecule has 1 aromatic carbocycles. The minimum atomic E-state index is 0.0384. The molecule has 0 spiro atoms. The molecule has 122 valence electrons. The zero-order valence-corrected chi connectivity index (χ0v) is 15.3. The van der Waals surface area contributed by atoms with Crippen LogP contribution in [0.4, 0.5) is 0 Å². The molecule has 2 aromatic rings. The van der Waals surface area contributed by atoms with Gasteiger partial charge in [0.25, 0.3) is 0 Å². The molecule has 2 nitrogen and oxygen atoms in total. The number of carbonyl (C=O) groups excluding carboxylic acids is 1. The number of rotatable bonds is 5. The molecule has 0 radical (unpaired) electrons. The van der Waals surface area contributed by atoms with Gasteiger partial charge in [-0.15, -0.1) is 11.3 Å². The molecule has 0 fully saturated rings. The van der Waals surface area contributed by atoms with Crippen LogP contribution in [0.5, 0.6) is 5.75 Å². The molecule has 1 heterocycles. The minimum Gasteiger partial charge on any atom is -0.507 e. The Bertz CT molecular complexity index is 728. The van der Waals surface area contributed by atoms with E-state index in [-0.39, 0.29) is 5.78 Å². The second-order valence-corrected chi connectivity index (χ2v) is 7.75. The Morgan fingerprint density at radius 2 is 1.78 bits per heavy atom. The first kappa shape index (κ1) is 17.5. The van der Waals surface area contributed by atoms with E-state index >= 15 is 0 Å². The summed E-state index contributed by atoms with van der Waals surface area (Å²) in [6.45, 7) is 10.2. The van der Waals surface area contributed by atoms with Crippen molar-refractivity contribution in [2.45, 2.75) is 41.0 Å². The summed E-state index contributed by atoms with van der Waals surface area (Å²) in [4.78, 5) is 14.4. The SMILES string of the molecule is Cc1cc(C=CC(=O)c2cc(CC(C)C)c(C)s2)cc(C)c1O. The van der Waals surface area contributed by atoms with Crippen LogP contribution in [-0.4, -0.2) is 10.9 Å². The second-order valence-electron chi connectivity index (χ2n) is 6.49. The fourth-order valence-electron chi connectivity index (χ4n) is 2.62. The molecule has 0 atom stereocenters. The van der Waals surface area contributed by atoms with Gasteiger partial charge in [-0.25, -0.2) is 0 Å². The first-order chi connectivity index (χ1) is 10.8. The molecule has 0 amide bonds. The topological polar surface area (TPSA) is 37.3 Å². The number of hydrogen-bond acceptors (Lipinski definition) is 3. The molecule has 0 saturated heterocycles. The molecule has 1 aromatic heterocycles. The molecule has 1 N–H and O–H groups in total. The van der Waals surface area contributed by atoms with Crippen LogP contribution in [0.2, 0.25) is 0 Å². The molecule has 0 saturated carbocycles. The van der Waals surface area contributed by atoms with Crippen LogP contribution in [-0.2, 0) is 6.42 Å². The average molecular weight is 328 g/mol. The summed E-state index contributed by atoms with van der Waals surface area (Å²) in [6, 6.07) is 5.80. The first-order valence-corrected chi connectivity index (χ1v) is 8.71. The summed E-state index contributed by atoms with van der Waals surface area (Å²) >= 11 is 1.57. The third kappa shape index (κ3) is 4.32. The number of benzene rings is 1. The predicted octanol–water partition coefficient (Wildman–Crippen LogP) is 5.47. The van der Waals surface area contributed by atoms with Gasteiger partial charge >= 0.3 is 0 Å². The van der Waals surface area contributed by atoms with Crippen molar-refractivity contribution in [3.63, 3.8) is 0 Å². The Morgan fingerprint density at radius 3 is 2.35 bits per heavy atom. The lowest BCUT2D eigenvalue weighted by atomic mass is 10.0. The Labute approximate surface area is 142 Å². The molecule has 0 aliphatic rings. The van der Waals surface area contributed by atoms with E-state index in [1.165, 1.54) is 10.4 Å². The molecule has 0 bridgehead atoms. The Balaban J connectivity index is 2.19. The fourth-order valence-corrected chi connectivity index (χ4v) is 3.60. The van der Waals surface area contributed by atoms with Crippen molar-refractivity contribution in [2.75, 3.05) is 0 Å². The van der Waals surface area contributed by atoms with E-state index in [2.05, 4.69) is 20.8 Å². The molecular formula is C20H24O2S. The molecule has 2 rings (SSSR count). The van der Waals surface area contributed by atoms with E-state index in [0.717, 1.165) is 28.0 Å². The highest BCUT2D eigenvalue weighted by Gasteiger charge is 2.11. The van der Waals surface area contributed by atoms with Gasteiger partial charge in [0.15, 0.2) is 5.78 Å². The third-order valence-corrected chi connectivity index (χ3v) is 4.94. The summed E-state index contributed by atoms with van der Waals surface area (Å²) in [5.74, 6) is 0.946. The lowest BCUT2D eigenvalue weighted by Crippen LogP contribution is -1.94. The van der Waals surface area contributed by atoms with Gasteiger partial charge in [0, 0.05) is 4.88 Å². The van der Waals surface area contributed by atoms with Gasteiger partial charge in [0.05, 0.1) is 4.88 Å². The maximum absolute atomic E-state index is 12.4. The summed E-state index contributed by atoms with van der Waals surface area (Å²) in [7, 11) is 0. The summed E-state index contributed by atoms with van der Waals surface area (Å²) in [5, 5.41) is 9.80. The van der Waals surface area contributed by atoms with E-state index in [4.69, 9.17) is 0 Å². The number of hydrogen-bond donors (Lipinski definition) is 1. The van der Waals surface area contributed by atoms with Gasteiger partial charge in [-0.1, -0.05) is 19.9 Å². The number of phenols is 1. The quantitative estimate of drug-likeness (QED) is 0.583. The molecule has 3 heteroatoms. The fraction of sp³-hybridized carbons (Fsp3) is 0.350. The number of thiophene rings is 1. The van der Waals surface area contributed by atoms with Crippen molar-refractivity contribution in [3.8, 4) is 5.75 Å². The number of carbonyl (C=O) groups is 1. The van der Waals surface area contributed by atoms with Gasteiger partial charge in [-0.2, -0.15) is 0 Å². The normalized spacial score (nSPS) is 11.6. The molecular weight excluding hydrogens is 304 g/mol. The van der Waals surface area contributed by atoms with Crippen LogP contribution in [0.25, 0.3) is 6.08 Å². The second kappa shape index (κ2) is 7.14. The van der Waals surface area contributed by atoms with Crippen molar-refractivity contribution < 1.29 is 9.90 Å². The van der Waals surface area contributed by atoms with Crippen LogP contribution < -0.4 is 0 Å². The van der Waals surface area contributed by atoms with Crippen LogP contribution in [0, 0.1) is 26.7 Å². The van der Waals surface area contributed by atoms with Crippen LogP contribution >= 0.6 is 11.3 Å².